The molecule has 4 aromatic heterocycles. The molecule has 1 saturated heterocycles. The standard InChI is InChI=1S/C21H19F4N7OS/c1-29-6-2-14(8-18(29)33)16-9-17-26-5-7-31(17)19(28-16)15-10-27-32(11-15)20(3-4-22)12-30(13-20)34-21(23,24)25/h2,5-11H,3-4,12-13H2,1H3. The van der Waals surface area contributed by atoms with Gasteiger partial charge in [-0.25, -0.2) is 14.3 Å². The molecule has 0 N–H and O–H groups in total. The quantitative estimate of drug-likeness (QED) is 0.303. The van der Waals surface area contributed by atoms with Crippen LogP contribution in [0.5, 0.6) is 0 Å². The summed E-state index contributed by atoms with van der Waals surface area (Å²) in [7, 11) is 1.65. The molecule has 1 fully saturated rings. The lowest BCUT2D eigenvalue weighted by molar-refractivity contribution is -0.0426. The van der Waals surface area contributed by atoms with Crippen LogP contribution in [0.3, 0.4) is 0 Å². The van der Waals surface area contributed by atoms with Crippen LogP contribution in [0, 0.1) is 0 Å². The van der Waals surface area contributed by atoms with Crippen LogP contribution in [0.4, 0.5) is 17.6 Å². The van der Waals surface area contributed by atoms with E-state index in [1.54, 1.807) is 54.6 Å². The van der Waals surface area contributed by atoms with Gasteiger partial charge in [0.25, 0.3) is 5.56 Å². The monoisotopic (exact) mass is 493 g/mol. The fourth-order valence-corrected chi connectivity index (χ4v) is 5.00. The molecule has 5 rings (SSSR count). The molecule has 34 heavy (non-hydrogen) atoms. The largest absolute Gasteiger partial charge is 0.456 e. The van der Waals surface area contributed by atoms with Crippen LogP contribution in [-0.4, -0.2) is 58.3 Å². The Morgan fingerprint density at radius 3 is 2.68 bits per heavy atom. The summed E-state index contributed by atoms with van der Waals surface area (Å²) in [6.07, 6.45) is 8.25. The van der Waals surface area contributed by atoms with E-state index >= 15 is 0 Å². The smallest absolute Gasteiger partial charge is 0.319 e. The number of hydrogen-bond acceptors (Lipinski definition) is 6. The van der Waals surface area contributed by atoms with Gasteiger partial charge in [0, 0.05) is 81.0 Å². The van der Waals surface area contributed by atoms with E-state index in [1.165, 1.54) is 15.3 Å². The second-order valence-electron chi connectivity index (χ2n) is 8.16. The topological polar surface area (TPSA) is 73.2 Å². The first-order valence-electron chi connectivity index (χ1n) is 10.3. The highest BCUT2D eigenvalue weighted by Crippen LogP contribution is 2.43. The van der Waals surface area contributed by atoms with E-state index in [9.17, 15) is 22.4 Å². The van der Waals surface area contributed by atoms with Crippen molar-refractivity contribution in [3.63, 3.8) is 0 Å². The van der Waals surface area contributed by atoms with Crippen LogP contribution < -0.4 is 5.56 Å². The Bertz CT molecular complexity index is 1400. The Morgan fingerprint density at radius 2 is 1.97 bits per heavy atom. The van der Waals surface area contributed by atoms with Crippen molar-refractivity contribution in [3.8, 4) is 22.6 Å². The second kappa shape index (κ2) is 8.24. The lowest BCUT2D eigenvalue weighted by Crippen LogP contribution is -2.61. The number of nitrogens with zero attached hydrogens (tertiary/aromatic N) is 7. The van der Waals surface area contributed by atoms with Gasteiger partial charge in [-0.2, -0.15) is 18.3 Å². The SMILES string of the molecule is Cn1ccc(-c2cc3nccn3c(-c3cnn(C4(CCF)CN(SC(F)(F)F)C4)c3)n2)cc1=O. The van der Waals surface area contributed by atoms with Crippen LogP contribution in [0.25, 0.3) is 28.3 Å². The van der Waals surface area contributed by atoms with Crippen LogP contribution in [0.1, 0.15) is 6.42 Å². The van der Waals surface area contributed by atoms with Crippen molar-refractivity contribution in [2.24, 2.45) is 7.05 Å². The Kier molecular flexibility index (Phi) is 5.47. The van der Waals surface area contributed by atoms with E-state index in [1.807, 2.05) is 0 Å². The summed E-state index contributed by atoms with van der Waals surface area (Å²) in [4.78, 5) is 21.2. The fraction of sp³-hybridized carbons (Fsp3) is 0.333. The van der Waals surface area contributed by atoms with Gasteiger partial charge in [-0.15, -0.1) is 0 Å². The molecule has 13 heteroatoms. The molecule has 0 radical (unpaired) electrons. The van der Waals surface area contributed by atoms with Crippen molar-refractivity contribution < 1.29 is 17.6 Å². The number of hydrogen-bond donors (Lipinski definition) is 0. The van der Waals surface area contributed by atoms with Gasteiger partial charge in [-0.05, 0) is 6.07 Å². The third-order valence-corrected chi connectivity index (χ3v) is 6.57. The third-order valence-electron chi connectivity index (χ3n) is 5.85. The summed E-state index contributed by atoms with van der Waals surface area (Å²) in [6, 6.07) is 5.01. The molecule has 178 valence electrons. The van der Waals surface area contributed by atoms with Crippen LogP contribution in [0.15, 0.2) is 54.0 Å². The van der Waals surface area contributed by atoms with E-state index in [-0.39, 0.29) is 37.0 Å². The number of halogens is 4. The van der Waals surface area contributed by atoms with Gasteiger partial charge in [-0.3, -0.25) is 18.3 Å². The van der Waals surface area contributed by atoms with E-state index < -0.39 is 17.7 Å². The van der Waals surface area contributed by atoms with Gasteiger partial charge in [0.15, 0.2) is 0 Å². The molecule has 0 atom stereocenters. The maximum Gasteiger partial charge on any atom is 0.456 e. The summed E-state index contributed by atoms with van der Waals surface area (Å²) in [5, 5.41) is 4.36. The molecule has 1 aliphatic heterocycles. The average Bonchev–Trinajstić information content (AvgIpc) is 3.42. The highest BCUT2D eigenvalue weighted by Gasteiger charge is 2.49. The molecule has 0 unspecified atom stereocenters. The van der Waals surface area contributed by atoms with Crippen LogP contribution >= 0.6 is 11.9 Å². The Labute approximate surface area is 195 Å². The second-order valence-corrected chi connectivity index (χ2v) is 9.32. The zero-order valence-electron chi connectivity index (χ0n) is 17.9. The summed E-state index contributed by atoms with van der Waals surface area (Å²) in [5.41, 5.74) is -3.10. The zero-order valence-corrected chi connectivity index (χ0v) is 18.7. The van der Waals surface area contributed by atoms with E-state index in [4.69, 9.17) is 4.98 Å². The first-order valence-corrected chi connectivity index (χ1v) is 11.1. The number of rotatable bonds is 6. The number of imidazole rings is 1. The van der Waals surface area contributed by atoms with Gasteiger partial charge >= 0.3 is 5.51 Å². The number of aromatic nitrogens is 6. The van der Waals surface area contributed by atoms with Crippen molar-refractivity contribution in [1.29, 1.82) is 0 Å². The predicted octanol–water partition coefficient (Wildman–Crippen LogP) is 3.50. The summed E-state index contributed by atoms with van der Waals surface area (Å²) < 4.78 is 57.4. The number of alkyl halides is 4. The first kappa shape index (κ1) is 22.6. The molecule has 0 saturated carbocycles. The van der Waals surface area contributed by atoms with Gasteiger partial charge < -0.3 is 4.57 Å². The molecule has 0 amide bonds. The lowest BCUT2D eigenvalue weighted by Gasteiger charge is -2.49. The van der Waals surface area contributed by atoms with Crippen molar-refractivity contribution in [2.45, 2.75) is 17.5 Å². The van der Waals surface area contributed by atoms with Gasteiger partial charge in [-0.1, -0.05) is 0 Å². The zero-order chi connectivity index (χ0) is 24.1. The van der Waals surface area contributed by atoms with Crippen molar-refractivity contribution >= 4 is 17.6 Å². The number of aryl methyl sites for hydroxylation is 1. The van der Waals surface area contributed by atoms with E-state index in [0.29, 0.717) is 28.3 Å². The number of pyridine rings is 1. The van der Waals surface area contributed by atoms with Gasteiger partial charge in [0.2, 0.25) is 0 Å². The molecule has 0 spiro atoms. The maximum absolute atomic E-state index is 13.3. The molecule has 0 aromatic carbocycles. The van der Waals surface area contributed by atoms with Crippen molar-refractivity contribution in [2.75, 3.05) is 19.8 Å². The molecular weight excluding hydrogens is 474 g/mol. The minimum atomic E-state index is -4.40. The maximum atomic E-state index is 13.3. The fourth-order valence-electron chi connectivity index (χ4n) is 4.10. The van der Waals surface area contributed by atoms with E-state index in [2.05, 4.69) is 10.1 Å². The van der Waals surface area contributed by atoms with Crippen molar-refractivity contribution in [1.82, 2.24) is 33.0 Å². The molecule has 1 aliphatic rings. The lowest BCUT2D eigenvalue weighted by atomic mass is 9.89. The Hall–Kier alpha value is -3.19. The molecule has 4 aromatic rings. The Morgan fingerprint density at radius 1 is 1.18 bits per heavy atom. The van der Waals surface area contributed by atoms with Gasteiger partial charge in [0.05, 0.1) is 29.7 Å². The highest BCUT2D eigenvalue weighted by atomic mass is 32.2. The molecule has 5 heterocycles. The summed E-state index contributed by atoms with van der Waals surface area (Å²) >= 11 is -0.208. The van der Waals surface area contributed by atoms with E-state index in [0.717, 1.165) is 4.31 Å². The molecule has 0 aliphatic carbocycles. The molecular formula is C21H19F4N7OS. The minimum Gasteiger partial charge on any atom is -0.319 e. The molecule has 0 bridgehead atoms. The predicted molar refractivity (Wildman–Crippen MR) is 119 cm³/mol. The summed E-state index contributed by atoms with van der Waals surface area (Å²) in [6.45, 7) is -0.644. The van der Waals surface area contributed by atoms with Crippen molar-refractivity contribution in [3.05, 3.63) is 59.5 Å². The highest BCUT2D eigenvalue weighted by molar-refractivity contribution is 7.97. The first-order chi connectivity index (χ1) is 16.2. The molecule has 8 nitrogen and oxygen atoms in total. The van der Waals surface area contributed by atoms with Crippen LogP contribution in [0.2, 0.25) is 0 Å². The van der Waals surface area contributed by atoms with Gasteiger partial charge in [0.1, 0.15) is 11.5 Å². The number of fused-ring (bicyclic) bond motifs is 1. The summed E-state index contributed by atoms with van der Waals surface area (Å²) in [5.74, 6) is 0.494. The average molecular weight is 493 g/mol. The minimum absolute atomic E-state index is 0.0173. The van der Waals surface area contributed by atoms with Crippen LogP contribution in [-0.2, 0) is 12.6 Å². The Balaban J connectivity index is 1.52. The normalized spacial score (nSPS) is 16.1. The third kappa shape index (κ3) is 4.09.